The number of likely N-dealkylation sites (tertiary alicyclic amines) is 1. The van der Waals surface area contributed by atoms with Crippen LogP contribution in [0.2, 0.25) is 0 Å². The second kappa shape index (κ2) is 10.1. The molecule has 0 spiro atoms. The topological polar surface area (TPSA) is 70.7 Å². The molecule has 1 heterocycles. The summed E-state index contributed by atoms with van der Waals surface area (Å²) in [6, 6.07) is 15.4. The van der Waals surface area contributed by atoms with E-state index in [2.05, 4.69) is 10.6 Å². The number of nitrogens with zero attached hydrogens (tertiary/aromatic N) is 1. The summed E-state index contributed by atoms with van der Waals surface area (Å²) in [5.41, 5.74) is 2.77. The van der Waals surface area contributed by atoms with Gasteiger partial charge in [0.25, 0.3) is 5.91 Å². The summed E-state index contributed by atoms with van der Waals surface area (Å²) in [6.45, 7) is 6.00. The van der Waals surface area contributed by atoms with Crippen molar-refractivity contribution in [3.05, 3.63) is 65.2 Å². The molecular formula is C24H31N3O3. The fourth-order valence-corrected chi connectivity index (χ4v) is 3.91. The molecule has 3 amide bonds. The van der Waals surface area contributed by atoms with E-state index in [9.17, 15) is 9.59 Å². The van der Waals surface area contributed by atoms with Gasteiger partial charge < -0.3 is 20.3 Å². The molecule has 1 aliphatic heterocycles. The lowest BCUT2D eigenvalue weighted by atomic mass is 9.89. The molecule has 0 unspecified atom stereocenters. The van der Waals surface area contributed by atoms with Gasteiger partial charge in [-0.15, -0.1) is 0 Å². The van der Waals surface area contributed by atoms with E-state index in [0.717, 1.165) is 36.3 Å². The Morgan fingerprint density at radius 1 is 1.20 bits per heavy atom. The van der Waals surface area contributed by atoms with Crippen LogP contribution < -0.4 is 15.4 Å². The molecule has 0 aliphatic carbocycles. The molecule has 160 valence electrons. The summed E-state index contributed by atoms with van der Waals surface area (Å²) in [5.74, 6) is 0.968. The van der Waals surface area contributed by atoms with Crippen LogP contribution in [0.1, 0.15) is 60.1 Å². The maximum Gasteiger partial charge on any atom is 0.317 e. The molecule has 2 atom stereocenters. The third kappa shape index (κ3) is 5.32. The molecule has 0 radical (unpaired) electrons. The Hall–Kier alpha value is -3.02. The summed E-state index contributed by atoms with van der Waals surface area (Å²) in [5, 5.41) is 5.77. The number of hydrogen-bond donors (Lipinski definition) is 2. The molecule has 2 N–H and O–H groups in total. The highest BCUT2D eigenvalue weighted by Crippen LogP contribution is 2.27. The normalized spacial score (nSPS) is 17.2. The Kier molecular flexibility index (Phi) is 7.33. The van der Waals surface area contributed by atoms with Crippen molar-refractivity contribution < 1.29 is 14.3 Å². The zero-order chi connectivity index (χ0) is 21.5. The average molecular weight is 410 g/mol. The number of rotatable bonds is 6. The number of benzene rings is 2. The molecule has 0 aromatic heterocycles. The van der Waals surface area contributed by atoms with E-state index < -0.39 is 0 Å². The first-order valence-corrected chi connectivity index (χ1v) is 10.6. The Balaban J connectivity index is 1.66. The predicted octanol–water partition coefficient (Wildman–Crippen LogP) is 4.10. The Labute approximate surface area is 178 Å². The Morgan fingerprint density at radius 3 is 2.67 bits per heavy atom. The van der Waals surface area contributed by atoms with Gasteiger partial charge in [-0.25, -0.2) is 4.79 Å². The maximum atomic E-state index is 12.8. The van der Waals surface area contributed by atoms with E-state index in [0.29, 0.717) is 18.7 Å². The van der Waals surface area contributed by atoms with Crippen LogP contribution in [-0.2, 0) is 0 Å². The molecule has 6 heteroatoms. The number of piperidine rings is 1. The zero-order valence-corrected chi connectivity index (χ0v) is 18.0. The van der Waals surface area contributed by atoms with Crippen LogP contribution >= 0.6 is 0 Å². The first-order valence-electron chi connectivity index (χ1n) is 10.6. The SMILES string of the molecule is CCOc1ccc([C@@H](C)NC(=O)c2cccc([C@H]3CCCN(C(=O)NC)C3)c2)cc1. The van der Waals surface area contributed by atoms with Crippen molar-refractivity contribution in [3.8, 4) is 5.75 Å². The predicted molar refractivity (Wildman–Crippen MR) is 118 cm³/mol. The maximum absolute atomic E-state index is 12.8. The van der Waals surface area contributed by atoms with Gasteiger partial charge in [-0.05, 0) is 62.1 Å². The average Bonchev–Trinajstić information content (AvgIpc) is 2.79. The summed E-state index contributed by atoms with van der Waals surface area (Å²) in [6.07, 6.45) is 1.98. The van der Waals surface area contributed by atoms with Crippen LogP contribution in [0.4, 0.5) is 4.79 Å². The van der Waals surface area contributed by atoms with Crippen LogP contribution in [0.25, 0.3) is 0 Å². The lowest BCUT2D eigenvalue weighted by Crippen LogP contribution is -2.43. The van der Waals surface area contributed by atoms with Crippen molar-refractivity contribution in [1.82, 2.24) is 15.5 Å². The number of amides is 3. The minimum absolute atomic E-state index is 0.0437. The van der Waals surface area contributed by atoms with Crippen LogP contribution in [0.5, 0.6) is 5.75 Å². The first kappa shape index (κ1) is 21.7. The largest absolute Gasteiger partial charge is 0.494 e. The van der Waals surface area contributed by atoms with E-state index >= 15 is 0 Å². The summed E-state index contributed by atoms with van der Waals surface area (Å²) >= 11 is 0. The summed E-state index contributed by atoms with van der Waals surface area (Å²) in [4.78, 5) is 26.7. The quantitative estimate of drug-likeness (QED) is 0.755. The molecule has 1 aliphatic rings. The fourth-order valence-electron chi connectivity index (χ4n) is 3.91. The highest BCUT2D eigenvalue weighted by molar-refractivity contribution is 5.94. The Bertz CT molecular complexity index is 866. The number of ether oxygens (including phenoxy) is 1. The standard InChI is InChI=1S/C24H31N3O3/c1-4-30-22-12-10-18(11-13-22)17(2)26-23(28)20-8-5-7-19(15-20)21-9-6-14-27(16-21)24(29)25-3/h5,7-8,10-13,15,17,21H,4,6,9,14,16H2,1-3H3,(H,25,29)(H,26,28)/t17-,21+/m1/s1. The third-order valence-electron chi connectivity index (χ3n) is 5.58. The summed E-state index contributed by atoms with van der Waals surface area (Å²) in [7, 11) is 1.66. The van der Waals surface area contributed by atoms with Gasteiger partial charge in [-0.1, -0.05) is 24.3 Å². The van der Waals surface area contributed by atoms with Crippen molar-refractivity contribution in [3.63, 3.8) is 0 Å². The first-order chi connectivity index (χ1) is 14.5. The second-order valence-electron chi connectivity index (χ2n) is 7.66. The number of hydrogen-bond acceptors (Lipinski definition) is 3. The van der Waals surface area contributed by atoms with Gasteiger partial charge in [-0.3, -0.25) is 4.79 Å². The van der Waals surface area contributed by atoms with Crippen LogP contribution in [0, 0.1) is 0 Å². The van der Waals surface area contributed by atoms with Crippen LogP contribution in [0.15, 0.2) is 48.5 Å². The van der Waals surface area contributed by atoms with Gasteiger partial charge in [0, 0.05) is 31.6 Å². The third-order valence-corrected chi connectivity index (χ3v) is 5.58. The minimum Gasteiger partial charge on any atom is -0.494 e. The molecule has 2 aromatic rings. The zero-order valence-electron chi connectivity index (χ0n) is 18.0. The molecule has 1 saturated heterocycles. The van der Waals surface area contributed by atoms with Crippen molar-refractivity contribution in [2.45, 2.75) is 38.6 Å². The van der Waals surface area contributed by atoms with Gasteiger partial charge in [0.05, 0.1) is 12.6 Å². The van der Waals surface area contributed by atoms with Gasteiger partial charge in [-0.2, -0.15) is 0 Å². The van der Waals surface area contributed by atoms with Crippen molar-refractivity contribution in [2.24, 2.45) is 0 Å². The molecule has 30 heavy (non-hydrogen) atoms. The molecule has 3 rings (SSSR count). The number of nitrogens with one attached hydrogen (secondary N) is 2. The van der Waals surface area contributed by atoms with Crippen molar-refractivity contribution in [2.75, 3.05) is 26.7 Å². The monoisotopic (exact) mass is 409 g/mol. The molecule has 2 aromatic carbocycles. The lowest BCUT2D eigenvalue weighted by molar-refractivity contribution is 0.0939. The number of carbonyl (C=O) groups is 2. The van der Waals surface area contributed by atoms with E-state index in [4.69, 9.17) is 4.74 Å². The van der Waals surface area contributed by atoms with Crippen LogP contribution in [0.3, 0.4) is 0 Å². The number of urea groups is 1. The van der Waals surface area contributed by atoms with E-state index in [1.54, 1.807) is 7.05 Å². The van der Waals surface area contributed by atoms with Gasteiger partial charge in [0.15, 0.2) is 0 Å². The van der Waals surface area contributed by atoms with Crippen molar-refractivity contribution >= 4 is 11.9 Å². The molecular weight excluding hydrogens is 378 g/mol. The second-order valence-corrected chi connectivity index (χ2v) is 7.66. The van der Waals surface area contributed by atoms with Crippen LogP contribution in [-0.4, -0.2) is 43.6 Å². The highest BCUT2D eigenvalue weighted by Gasteiger charge is 2.24. The fraction of sp³-hybridized carbons (Fsp3) is 0.417. The van der Waals surface area contributed by atoms with Crippen molar-refractivity contribution in [1.29, 1.82) is 0 Å². The van der Waals surface area contributed by atoms with E-state index in [1.807, 2.05) is 67.3 Å². The smallest absolute Gasteiger partial charge is 0.317 e. The van der Waals surface area contributed by atoms with Gasteiger partial charge in [0.2, 0.25) is 0 Å². The van der Waals surface area contributed by atoms with Gasteiger partial charge in [0.1, 0.15) is 5.75 Å². The molecule has 6 nitrogen and oxygen atoms in total. The minimum atomic E-state index is -0.116. The van der Waals surface area contributed by atoms with Gasteiger partial charge >= 0.3 is 6.03 Å². The Morgan fingerprint density at radius 2 is 1.97 bits per heavy atom. The lowest BCUT2D eigenvalue weighted by Gasteiger charge is -2.32. The molecule has 0 saturated carbocycles. The van der Waals surface area contributed by atoms with E-state index in [-0.39, 0.29) is 23.9 Å². The highest BCUT2D eigenvalue weighted by atomic mass is 16.5. The number of carbonyl (C=O) groups excluding carboxylic acids is 2. The molecule has 0 bridgehead atoms. The molecule has 1 fully saturated rings. The summed E-state index contributed by atoms with van der Waals surface area (Å²) < 4.78 is 5.48. The van der Waals surface area contributed by atoms with E-state index in [1.165, 1.54) is 0 Å².